The summed E-state index contributed by atoms with van der Waals surface area (Å²) in [6, 6.07) is 0. The maximum Gasteiger partial charge on any atom is 0.309 e. The zero-order valence-electron chi connectivity index (χ0n) is 7.14. The Morgan fingerprint density at radius 3 is 1.70 bits per heavy atom. The number of carboxylic acid groups (broad SMARTS) is 1. The van der Waals surface area contributed by atoms with E-state index in [1.54, 1.807) is 13.8 Å². The Balaban J connectivity index is 0. The Morgan fingerprint density at radius 1 is 1.40 bits per heavy atom. The molecule has 0 saturated carbocycles. The minimum Gasteiger partial charge on any atom is -0.481 e. The maximum atomic E-state index is 10.5. The van der Waals surface area contributed by atoms with Crippen molar-refractivity contribution in [2.45, 2.75) is 27.7 Å². The number of aliphatic carboxylic acids is 1. The Bertz CT molecular complexity index is 119. The van der Waals surface area contributed by atoms with E-state index in [0.717, 1.165) is 0 Å². The fraction of sp³-hybridized carbons (Fsp3) is 0.857. The molecule has 0 fully saturated rings. The Morgan fingerprint density at radius 2 is 1.70 bits per heavy atom. The monoisotopic (exact) mass is 147 g/mol. The van der Waals surface area contributed by atoms with Crippen LogP contribution in [-0.2, 0) is 4.79 Å². The Labute approximate surface area is 62.0 Å². The summed E-state index contributed by atoms with van der Waals surface area (Å²) in [4.78, 5) is 10.5. The lowest BCUT2D eigenvalue weighted by Crippen LogP contribution is -2.29. The molecule has 3 nitrogen and oxygen atoms in total. The van der Waals surface area contributed by atoms with Gasteiger partial charge in [0.2, 0.25) is 0 Å². The molecule has 0 aromatic rings. The first-order chi connectivity index (χ1) is 3.89. The number of hydrogen-bond acceptors (Lipinski definition) is 2. The van der Waals surface area contributed by atoms with Gasteiger partial charge < -0.3 is 11.3 Å². The Kier molecular flexibility index (Phi) is 4.32. The van der Waals surface area contributed by atoms with Crippen molar-refractivity contribution in [1.29, 1.82) is 0 Å². The van der Waals surface area contributed by atoms with Crippen LogP contribution in [0.4, 0.5) is 0 Å². The van der Waals surface area contributed by atoms with E-state index in [9.17, 15) is 4.79 Å². The summed E-state index contributed by atoms with van der Waals surface area (Å²) in [6.45, 7) is 7.29. The van der Waals surface area contributed by atoms with Gasteiger partial charge in [0.1, 0.15) is 0 Å². The molecule has 0 amide bonds. The minimum atomic E-state index is -0.725. The first-order valence-electron chi connectivity index (χ1n) is 3.12. The van der Waals surface area contributed by atoms with Crippen molar-refractivity contribution in [2.75, 3.05) is 0 Å². The smallest absolute Gasteiger partial charge is 0.309 e. The number of carbonyl (C=O) groups is 1. The van der Waals surface area contributed by atoms with Gasteiger partial charge in [-0.15, -0.1) is 0 Å². The summed E-state index contributed by atoms with van der Waals surface area (Å²) in [5.74, 6) is -0.535. The van der Waals surface area contributed by atoms with Gasteiger partial charge in [-0.2, -0.15) is 0 Å². The van der Waals surface area contributed by atoms with Crippen molar-refractivity contribution in [3.63, 3.8) is 0 Å². The summed E-state index contributed by atoms with van der Waals surface area (Å²) >= 11 is 0. The van der Waals surface area contributed by atoms with Crippen molar-refractivity contribution in [1.82, 2.24) is 6.15 Å². The fourth-order valence-corrected chi connectivity index (χ4v) is 0.247. The highest BCUT2D eigenvalue weighted by atomic mass is 16.4. The van der Waals surface area contributed by atoms with E-state index in [1.165, 1.54) is 0 Å². The third-order valence-electron chi connectivity index (χ3n) is 1.99. The van der Waals surface area contributed by atoms with E-state index < -0.39 is 11.4 Å². The van der Waals surface area contributed by atoms with Crippen LogP contribution in [-0.4, -0.2) is 11.1 Å². The summed E-state index contributed by atoms with van der Waals surface area (Å²) in [6.07, 6.45) is 0. The highest BCUT2D eigenvalue weighted by molar-refractivity contribution is 5.73. The van der Waals surface area contributed by atoms with Crippen molar-refractivity contribution in [3.05, 3.63) is 0 Å². The summed E-state index contributed by atoms with van der Waals surface area (Å²) in [7, 11) is 0. The van der Waals surface area contributed by atoms with Crippen molar-refractivity contribution >= 4 is 5.97 Å². The lowest BCUT2D eigenvalue weighted by molar-refractivity contribution is -0.149. The Hall–Kier alpha value is -0.570. The molecule has 0 aliphatic heterocycles. The first-order valence-corrected chi connectivity index (χ1v) is 3.12. The van der Waals surface area contributed by atoms with E-state index >= 15 is 0 Å². The van der Waals surface area contributed by atoms with Gasteiger partial charge in [-0.05, 0) is 19.8 Å². The fourth-order valence-electron chi connectivity index (χ4n) is 0.247. The molecular weight excluding hydrogens is 130 g/mol. The highest BCUT2D eigenvalue weighted by Gasteiger charge is 2.30. The van der Waals surface area contributed by atoms with Gasteiger partial charge in [-0.25, -0.2) is 0 Å². The molecule has 0 bridgehead atoms. The molecule has 0 aliphatic carbocycles. The van der Waals surface area contributed by atoms with Gasteiger partial charge in [0.15, 0.2) is 0 Å². The maximum absolute atomic E-state index is 10.5. The van der Waals surface area contributed by atoms with Crippen molar-refractivity contribution < 1.29 is 9.90 Å². The van der Waals surface area contributed by atoms with E-state index in [1.807, 2.05) is 13.8 Å². The summed E-state index contributed by atoms with van der Waals surface area (Å²) < 4.78 is 0. The average Bonchev–Trinajstić information content (AvgIpc) is 1.65. The van der Waals surface area contributed by atoms with Crippen LogP contribution in [0.5, 0.6) is 0 Å². The minimum absolute atomic E-state index is 0. The second-order valence-corrected chi connectivity index (χ2v) is 3.18. The van der Waals surface area contributed by atoms with E-state index in [2.05, 4.69) is 0 Å². The summed E-state index contributed by atoms with van der Waals surface area (Å²) in [5, 5.41) is 8.61. The molecule has 0 aromatic heterocycles. The van der Waals surface area contributed by atoms with Gasteiger partial charge >= 0.3 is 5.97 Å². The van der Waals surface area contributed by atoms with E-state index in [0.29, 0.717) is 0 Å². The summed E-state index contributed by atoms with van der Waals surface area (Å²) in [5.41, 5.74) is -0.583. The third kappa shape index (κ3) is 2.35. The van der Waals surface area contributed by atoms with Crippen LogP contribution in [0.3, 0.4) is 0 Å². The topological polar surface area (TPSA) is 72.3 Å². The lowest BCUT2D eigenvalue weighted by atomic mass is 9.81. The first kappa shape index (κ1) is 12.1. The zero-order valence-corrected chi connectivity index (χ0v) is 7.14. The predicted octanol–water partition coefficient (Wildman–Crippen LogP) is 1.92. The highest BCUT2D eigenvalue weighted by Crippen LogP contribution is 2.25. The van der Waals surface area contributed by atoms with Crippen LogP contribution in [0.1, 0.15) is 27.7 Å². The van der Waals surface area contributed by atoms with Crippen LogP contribution in [0.15, 0.2) is 0 Å². The molecule has 0 rings (SSSR count). The molecule has 0 aromatic carbocycles. The van der Waals surface area contributed by atoms with Gasteiger partial charge in [0, 0.05) is 0 Å². The molecule has 3 heteroatoms. The van der Waals surface area contributed by atoms with Crippen LogP contribution in [0.2, 0.25) is 0 Å². The van der Waals surface area contributed by atoms with Gasteiger partial charge in [0.05, 0.1) is 5.41 Å². The third-order valence-corrected chi connectivity index (χ3v) is 1.99. The van der Waals surface area contributed by atoms with Gasteiger partial charge in [-0.3, -0.25) is 4.79 Å². The molecule has 4 N–H and O–H groups in total. The van der Waals surface area contributed by atoms with Crippen LogP contribution >= 0.6 is 0 Å². The average molecular weight is 147 g/mol. The van der Waals surface area contributed by atoms with E-state index in [4.69, 9.17) is 5.11 Å². The molecule has 0 radical (unpaired) electrons. The zero-order chi connectivity index (χ0) is 7.65. The van der Waals surface area contributed by atoms with E-state index in [-0.39, 0.29) is 12.1 Å². The predicted molar refractivity (Wildman–Crippen MR) is 41.3 cm³/mol. The van der Waals surface area contributed by atoms with Crippen molar-refractivity contribution in [3.8, 4) is 0 Å². The van der Waals surface area contributed by atoms with Gasteiger partial charge in [0.25, 0.3) is 0 Å². The number of hydrogen-bond donors (Lipinski definition) is 2. The largest absolute Gasteiger partial charge is 0.481 e. The molecular formula is C7H17NO2. The SMILES string of the molecule is CC(C)C(C)(C)C(=O)O.N. The molecule has 0 spiro atoms. The van der Waals surface area contributed by atoms with Crippen molar-refractivity contribution in [2.24, 2.45) is 11.3 Å². The molecule has 10 heavy (non-hydrogen) atoms. The van der Waals surface area contributed by atoms with Gasteiger partial charge in [-0.1, -0.05) is 13.8 Å². The second-order valence-electron chi connectivity index (χ2n) is 3.18. The second kappa shape index (κ2) is 3.56. The molecule has 62 valence electrons. The molecule has 0 saturated heterocycles. The van der Waals surface area contributed by atoms with Crippen LogP contribution in [0.25, 0.3) is 0 Å². The normalized spacial score (nSPS) is 10.9. The molecule has 0 heterocycles. The standard InChI is InChI=1S/C7H14O2.H3N/c1-5(2)7(3,4)6(8)9;/h5H,1-4H3,(H,8,9);1H3. The quantitative estimate of drug-likeness (QED) is 0.626. The molecule has 0 atom stereocenters. The lowest BCUT2D eigenvalue weighted by Gasteiger charge is -2.22. The molecule has 0 aliphatic rings. The van der Waals surface area contributed by atoms with Crippen LogP contribution < -0.4 is 6.15 Å². The molecule has 0 unspecified atom stereocenters. The number of rotatable bonds is 2. The van der Waals surface area contributed by atoms with Crippen LogP contribution in [0, 0.1) is 11.3 Å². The number of carboxylic acids is 1.